The minimum Gasteiger partial charge on any atom is -0.351 e. The van der Waals surface area contributed by atoms with Gasteiger partial charge in [-0.25, -0.2) is 0 Å². The summed E-state index contributed by atoms with van der Waals surface area (Å²) in [5.74, 6) is -0.134. The van der Waals surface area contributed by atoms with Crippen LogP contribution < -0.4 is 5.32 Å². The van der Waals surface area contributed by atoms with Gasteiger partial charge in [-0.3, -0.25) is 4.79 Å². The van der Waals surface area contributed by atoms with Crippen molar-refractivity contribution in [2.75, 3.05) is 0 Å². The molecule has 0 spiro atoms. The normalized spacial score (nSPS) is 12.2. The first-order chi connectivity index (χ1) is 6.20. The van der Waals surface area contributed by atoms with Gasteiger partial charge in [0.15, 0.2) is 0 Å². The molecule has 0 aromatic heterocycles. The number of alkyl halides is 1. The third kappa shape index (κ3) is 3.47. The van der Waals surface area contributed by atoms with Gasteiger partial charge >= 0.3 is 0 Å². The molecule has 70 valence electrons. The quantitative estimate of drug-likeness (QED) is 0.738. The maximum absolute atomic E-state index is 11.1. The lowest BCUT2D eigenvalue weighted by molar-refractivity contribution is -0.120. The van der Waals surface area contributed by atoms with Gasteiger partial charge < -0.3 is 5.32 Å². The van der Waals surface area contributed by atoms with Crippen LogP contribution >= 0.6 is 11.6 Å². The first-order valence-corrected chi connectivity index (χ1v) is 4.59. The van der Waals surface area contributed by atoms with Crippen molar-refractivity contribution in [1.29, 1.82) is 0 Å². The van der Waals surface area contributed by atoms with Crippen LogP contribution in [0.15, 0.2) is 30.3 Å². The molecule has 0 bridgehead atoms. The molecule has 13 heavy (non-hydrogen) atoms. The van der Waals surface area contributed by atoms with Crippen LogP contribution in [0.5, 0.6) is 0 Å². The van der Waals surface area contributed by atoms with Crippen molar-refractivity contribution in [3.63, 3.8) is 0 Å². The first kappa shape index (κ1) is 10.1. The van der Waals surface area contributed by atoms with Gasteiger partial charge in [-0.2, -0.15) is 0 Å². The monoisotopic (exact) mass is 197 g/mol. The molecule has 0 aliphatic heterocycles. The zero-order valence-electron chi connectivity index (χ0n) is 7.46. The summed E-state index contributed by atoms with van der Waals surface area (Å²) < 4.78 is 0. The van der Waals surface area contributed by atoms with E-state index in [1.54, 1.807) is 6.92 Å². The smallest absolute Gasteiger partial charge is 0.238 e. The lowest BCUT2D eigenvalue weighted by atomic mass is 10.2. The Hall–Kier alpha value is -1.02. The fraction of sp³-hybridized carbons (Fsp3) is 0.300. The van der Waals surface area contributed by atoms with Crippen LogP contribution in [0, 0.1) is 0 Å². The van der Waals surface area contributed by atoms with Gasteiger partial charge in [-0.15, -0.1) is 11.6 Å². The molecule has 0 unspecified atom stereocenters. The van der Waals surface area contributed by atoms with Gasteiger partial charge in [0.05, 0.1) is 0 Å². The Balaban J connectivity index is 2.40. The van der Waals surface area contributed by atoms with Crippen LogP contribution in [-0.2, 0) is 11.3 Å². The van der Waals surface area contributed by atoms with Crippen molar-refractivity contribution < 1.29 is 4.79 Å². The second kappa shape index (κ2) is 4.87. The van der Waals surface area contributed by atoms with E-state index in [-0.39, 0.29) is 5.91 Å². The summed E-state index contributed by atoms with van der Waals surface area (Å²) in [5, 5.41) is 2.26. The number of halogens is 1. The fourth-order valence-corrected chi connectivity index (χ4v) is 1.00. The largest absolute Gasteiger partial charge is 0.351 e. The van der Waals surface area contributed by atoms with Gasteiger partial charge in [0.2, 0.25) is 5.91 Å². The molecule has 1 aromatic rings. The Morgan fingerprint density at radius 1 is 1.46 bits per heavy atom. The first-order valence-electron chi connectivity index (χ1n) is 4.16. The summed E-state index contributed by atoms with van der Waals surface area (Å²) in [6.45, 7) is 2.19. The summed E-state index contributed by atoms with van der Waals surface area (Å²) in [7, 11) is 0. The Morgan fingerprint density at radius 2 is 2.08 bits per heavy atom. The lowest BCUT2D eigenvalue weighted by Gasteiger charge is -2.05. The van der Waals surface area contributed by atoms with Gasteiger partial charge in [0.1, 0.15) is 5.38 Å². The molecule has 1 N–H and O–H groups in total. The molecule has 3 heteroatoms. The molecule has 1 aromatic carbocycles. The molecule has 0 aliphatic carbocycles. The topological polar surface area (TPSA) is 29.1 Å². The van der Waals surface area contributed by atoms with Crippen molar-refractivity contribution in [2.24, 2.45) is 0 Å². The zero-order valence-corrected chi connectivity index (χ0v) is 8.21. The van der Waals surface area contributed by atoms with E-state index in [1.165, 1.54) is 0 Å². The predicted molar refractivity (Wildman–Crippen MR) is 53.6 cm³/mol. The van der Waals surface area contributed by atoms with Gasteiger partial charge in [0.25, 0.3) is 0 Å². The van der Waals surface area contributed by atoms with Crippen molar-refractivity contribution in [3.8, 4) is 0 Å². The van der Waals surface area contributed by atoms with Crippen molar-refractivity contribution in [1.82, 2.24) is 5.32 Å². The highest BCUT2D eigenvalue weighted by molar-refractivity contribution is 6.30. The number of carbonyl (C=O) groups excluding carboxylic acids is 1. The van der Waals surface area contributed by atoms with Crippen LogP contribution in [-0.4, -0.2) is 11.3 Å². The Bertz CT molecular complexity index is 272. The molecule has 0 heterocycles. The van der Waals surface area contributed by atoms with Gasteiger partial charge in [-0.1, -0.05) is 30.3 Å². The highest BCUT2D eigenvalue weighted by Gasteiger charge is 2.07. The number of amides is 1. The molecular weight excluding hydrogens is 186 g/mol. The maximum atomic E-state index is 11.1. The number of benzene rings is 1. The average molecular weight is 198 g/mol. The standard InChI is InChI=1S/C10H12ClNO/c1-8(11)10(13)12-7-9-5-3-2-4-6-9/h2-6,8H,7H2,1H3,(H,12,13)/t8-/m1/s1. The summed E-state index contributed by atoms with van der Waals surface area (Å²) in [6.07, 6.45) is 0. The molecule has 1 rings (SSSR count). The third-order valence-electron chi connectivity index (χ3n) is 1.67. The highest BCUT2D eigenvalue weighted by Crippen LogP contribution is 1.98. The van der Waals surface area contributed by atoms with E-state index in [9.17, 15) is 4.79 Å². The second-order valence-electron chi connectivity index (χ2n) is 2.82. The Morgan fingerprint density at radius 3 is 2.62 bits per heavy atom. The number of hydrogen-bond donors (Lipinski definition) is 1. The molecule has 1 amide bonds. The van der Waals surface area contributed by atoms with Crippen LogP contribution in [0.1, 0.15) is 12.5 Å². The summed E-state index contributed by atoms with van der Waals surface area (Å²) in [6, 6.07) is 9.73. The molecule has 1 atom stereocenters. The zero-order chi connectivity index (χ0) is 9.68. The Kier molecular flexibility index (Phi) is 3.77. The van der Waals surface area contributed by atoms with Crippen molar-refractivity contribution >= 4 is 17.5 Å². The fourth-order valence-electron chi connectivity index (χ4n) is 0.926. The van der Waals surface area contributed by atoms with E-state index in [4.69, 9.17) is 11.6 Å². The number of hydrogen-bond acceptors (Lipinski definition) is 1. The number of nitrogens with one attached hydrogen (secondary N) is 1. The number of rotatable bonds is 3. The second-order valence-corrected chi connectivity index (χ2v) is 3.47. The molecule has 0 fully saturated rings. The van der Waals surface area contributed by atoms with Gasteiger partial charge in [0, 0.05) is 6.54 Å². The Labute approximate surface area is 82.9 Å². The van der Waals surface area contributed by atoms with E-state index < -0.39 is 5.38 Å². The summed E-state index contributed by atoms with van der Waals surface area (Å²) >= 11 is 5.58. The predicted octanol–water partition coefficient (Wildman–Crippen LogP) is 1.93. The van der Waals surface area contributed by atoms with E-state index in [0.29, 0.717) is 6.54 Å². The van der Waals surface area contributed by atoms with E-state index in [2.05, 4.69) is 5.32 Å². The van der Waals surface area contributed by atoms with E-state index in [0.717, 1.165) is 5.56 Å². The van der Waals surface area contributed by atoms with Crippen LogP contribution in [0.3, 0.4) is 0 Å². The van der Waals surface area contributed by atoms with Gasteiger partial charge in [-0.05, 0) is 12.5 Å². The van der Waals surface area contributed by atoms with Crippen LogP contribution in [0.2, 0.25) is 0 Å². The summed E-state index contributed by atoms with van der Waals surface area (Å²) in [4.78, 5) is 11.1. The SMILES string of the molecule is C[C@@H](Cl)C(=O)NCc1ccccc1. The molecule has 0 aliphatic rings. The minimum atomic E-state index is -0.469. The molecule has 0 radical (unpaired) electrons. The van der Waals surface area contributed by atoms with Crippen LogP contribution in [0.25, 0.3) is 0 Å². The minimum absolute atomic E-state index is 0.134. The molecule has 0 saturated carbocycles. The van der Waals surface area contributed by atoms with Crippen molar-refractivity contribution in [3.05, 3.63) is 35.9 Å². The van der Waals surface area contributed by atoms with Crippen molar-refractivity contribution in [2.45, 2.75) is 18.8 Å². The van der Waals surface area contributed by atoms with Crippen LogP contribution in [0.4, 0.5) is 0 Å². The maximum Gasteiger partial charge on any atom is 0.238 e. The average Bonchev–Trinajstić information content (AvgIpc) is 2.15. The highest BCUT2D eigenvalue weighted by atomic mass is 35.5. The summed E-state index contributed by atoms with van der Waals surface area (Å²) in [5.41, 5.74) is 1.08. The number of carbonyl (C=O) groups is 1. The lowest BCUT2D eigenvalue weighted by Crippen LogP contribution is -2.28. The van der Waals surface area contributed by atoms with E-state index in [1.807, 2.05) is 30.3 Å². The molecule has 2 nitrogen and oxygen atoms in total. The molecular formula is C10H12ClNO. The third-order valence-corrected chi connectivity index (χ3v) is 1.87. The van der Waals surface area contributed by atoms with E-state index >= 15 is 0 Å². The molecule has 0 saturated heterocycles.